The molecule has 2 heterocycles. The fraction of sp³-hybridized carbons (Fsp3) is 0.692. The lowest BCUT2D eigenvalue weighted by atomic mass is 10.0. The molecule has 1 aromatic rings. The largest absolute Gasteiger partial charge is 0.391 e. The Bertz CT molecular complexity index is 536. The van der Waals surface area contributed by atoms with E-state index in [9.17, 15) is 8.42 Å². The van der Waals surface area contributed by atoms with Crippen LogP contribution in [0.3, 0.4) is 0 Å². The summed E-state index contributed by atoms with van der Waals surface area (Å²) in [5, 5.41) is 9.13. The number of aryl methyl sites for hydroxylation is 1. The van der Waals surface area contributed by atoms with Crippen LogP contribution in [-0.4, -0.2) is 30.9 Å². The first-order valence-electron chi connectivity index (χ1n) is 6.65. The van der Waals surface area contributed by atoms with Crippen LogP contribution in [0.5, 0.6) is 0 Å². The topological polar surface area (TPSA) is 57.6 Å². The number of thiophene rings is 1. The highest BCUT2D eigenvalue weighted by molar-refractivity contribution is 7.89. The molecule has 0 spiro atoms. The van der Waals surface area contributed by atoms with Gasteiger partial charge in [0.25, 0.3) is 0 Å². The second kappa shape index (κ2) is 5.91. The molecule has 2 rings (SSSR count). The third kappa shape index (κ3) is 3.18. The van der Waals surface area contributed by atoms with Gasteiger partial charge in [0.2, 0.25) is 10.0 Å². The minimum atomic E-state index is -3.40. The molecular weight excluding hydrogens is 282 g/mol. The molecule has 6 heteroatoms. The van der Waals surface area contributed by atoms with E-state index in [4.69, 9.17) is 5.11 Å². The monoisotopic (exact) mass is 303 g/mol. The summed E-state index contributed by atoms with van der Waals surface area (Å²) in [6, 6.07) is 1.61. The maximum atomic E-state index is 12.6. The Balaban J connectivity index is 2.28. The van der Waals surface area contributed by atoms with E-state index < -0.39 is 10.0 Å². The van der Waals surface area contributed by atoms with Gasteiger partial charge in [0.15, 0.2) is 0 Å². The maximum absolute atomic E-state index is 12.6. The average Bonchev–Trinajstić information content (AvgIpc) is 2.60. The molecule has 1 aromatic heterocycles. The molecule has 0 aromatic carbocycles. The summed E-state index contributed by atoms with van der Waals surface area (Å²) in [6.07, 6.45) is 2.95. The number of nitrogens with zero attached hydrogens (tertiary/aromatic N) is 1. The van der Waals surface area contributed by atoms with Crippen molar-refractivity contribution in [3.63, 3.8) is 0 Å². The van der Waals surface area contributed by atoms with Gasteiger partial charge < -0.3 is 5.11 Å². The van der Waals surface area contributed by atoms with E-state index in [0.29, 0.717) is 28.8 Å². The van der Waals surface area contributed by atoms with Crippen LogP contribution in [0.25, 0.3) is 0 Å². The van der Waals surface area contributed by atoms with E-state index >= 15 is 0 Å². The lowest BCUT2D eigenvalue weighted by Crippen LogP contribution is -2.32. The van der Waals surface area contributed by atoms with E-state index in [2.05, 4.69) is 6.92 Å². The van der Waals surface area contributed by atoms with Crippen LogP contribution in [0.4, 0.5) is 0 Å². The molecule has 4 nitrogen and oxygen atoms in total. The Morgan fingerprint density at radius 2 is 2.16 bits per heavy atom. The number of hydrogen-bond acceptors (Lipinski definition) is 4. The summed E-state index contributed by atoms with van der Waals surface area (Å²) in [4.78, 5) is 1.84. The van der Waals surface area contributed by atoms with Gasteiger partial charge in [-0.15, -0.1) is 11.3 Å². The van der Waals surface area contributed by atoms with Crippen LogP contribution < -0.4 is 0 Å². The average molecular weight is 303 g/mol. The summed E-state index contributed by atoms with van der Waals surface area (Å²) in [5.41, 5.74) is 0. The molecule has 1 fully saturated rings. The van der Waals surface area contributed by atoms with E-state index in [1.54, 1.807) is 17.3 Å². The summed E-state index contributed by atoms with van der Waals surface area (Å²) in [6.45, 7) is 5.09. The van der Waals surface area contributed by atoms with Gasteiger partial charge in [-0.05, 0) is 38.2 Å². The first kappa shape index (κ1) is 15.0. The molecular formula is C13H21NO3S2. The highest BCUT2D eigenvalue weighted by Gasteiger charge is 2.29. The number of rotatable bonds is 3. The van der Waals surface area contributed by atoms with Gasteiger partial charge >= 0.3 is 0 Å². The van der Waals surface area contributed by atoms with Gasteiger partial charge in [0, 0.05) is 22.8 Å². The lowest BCUT2D eigenvalue weighted by molar-refractivity contribution is 0.285. The molecule has 1 unspecified atom stereocenters. The highest BCUT2D eigenvalue weighted by Crippen LogP contribution is 2.30. The second-order valence-corrected chi connectivity index (χ2v) is 8.48. The van der Waals surface area contributed by atoms with Gasteiger partial charge in [0.05, 0.1) is 11.5 Å². The molecule has 0 aliphatic carbocycles. The number of sulfonamides is 1. The molecule has 108 valence electrons. The van der Waals surface area contributed by atoms with Crippen molar-refractivity contribution in [1.29, 1.82) is 0 Å². The highest BCUT2D eigenvalue weighted by atomic mass is 32.2. The second-order valence-electron chi connectivity index (χ2n) is 5.23. The molecule has 1 saturated heterocycles. The van der Waals surface area contributed by atoms with Gasteiger partial charge in [-0.25, -0.2) is 8.42 Å². The molecule has 1 atom stereocenters. The van der Waals surface area contributed by atoms with Crippen LogP contribution in [0.15, 0.2) is 11.0 Å². The molecule has 1 N–H and O–H groups in total. The normalized spacial score (nSPS) is 22.4. The van der Waals surface area contributed by atoms with Crippen molar-refractivity contribution >= 4 is 21.4 Å². The lowest BCUT2D eigenvalue weighted by Gasteiger charge is -2.19. The predicted octanol–water partition coefficient (Wildman–Crippen LogP) is 2.36. The van der Waals surface area contributed by atoms with Gasteiger partial charge in [0.1, 0.15) is 0 Å². The summed E-state index contributed by atoms with van der Waals surface area (Å²) in [5.74, 6) is 0.594. The van der Waals surface area contributed by atoms with Gasteiger partial charge in [-0.3, -0.25) is 0 Å². The fourth-order valence-corrected chi connectivity index (χ4v) is 5.43. The maximum Gasteiger partial charge on any atom is 0.244 e. The van der Waals surface area contributed by atoms with Crippen molar-refractivity contribution in [1.82, 2.24) is 4.31 Å². The molecule has 0 amide bonds. The van der Waals surface area contributed by atoms with Crippen molar-refractivity contribution in [3.05, 3.63) is 15.8 Å². The Kier molecular flexibility index (Phi) is 4.66. The zero-order valence-electron chi connectivity index (χ0n) is 11.4. The minimum Gasteiger partial charge on any atom is -0.391 e. The predicted molar refractivity (Wildman–Crippen MR) is 76.8 cm³/mol. The fourth-order valence-electron chi connectivity index (χ4n) is 2.47. The van der Waals surface area contributed by atoms with Gasteiger partial charge in [-0.1, -0.05) is 6.92 Å². The van der Waals surface area contributed by atoms with Crippen molar-refractivity contribution in [2.75, 3.05) is 13.1 Å². The van der Waals surface area contributed by atoms with Crippen molar-refractivity contribution < 1.29 is 13.5 Å². The summed E-state index contributed by atoms with van der Waals surface area (Å²) < 4.78 is 26.9. The quantitative estimate of drug-likeness (QED) is 0.932. The standard InChI is InChI=1S/C13H21NO3S2/c1-10-4-3-6-14(7-5-10)19(16,17)13-8-12(9-15)18-11(13)2/h8,10,15H,3-7,9H2,1-2H3. The molecule has 0 bridgehead atoms. The molecule has 0 radical (unpaired) electrons. The van der Waals surface area contributed by atoms with Crippen molar-refractivity contribution in [3.8, 4) is 0 Å². The van der Waals surface area contributed by atoms with Crippen molar-refractivity contribution in [2.45, 2.75) is 44.6 Å². The Labute approximate surface area is 119 Å². The van der Waals surface area contributed by atoms with Crippen LogP contribution in [0, 0.1) is 12.8 Å². The van der Waals surface area contributed by atoms with E-state index in [0.717, 1.165) is 24.1 Å². The van der Waals surface area contributed by atoms with E-state index in [-0.39, 0.29) is 6.61 Å². The Morgan fingerprint density at radius 1 is 1.42 bits per heavy atom. The first-order valence-corrected chi connectivity index (χ1v) is 8.91. The van der Waals surface area contributed by atoms with Crippen LogP contribution in [0.1, 0.15) is 35.9 Å². The third-order valence-electron chi connectivity index (χ3n) is 3.67. The van der Waals surface area contributed by atoms with E-state index in [1.807, 2.05) is 0 Å². The molecule has 19 heavy (non-hydrogen) atoms. The third-order valence-corrected chi connectivity index (χ3v) is 6.86. The SMILES string of the molecule is Cc1sc(CO)cc1S(=O)(=O)N1CCCC(C)CC1. The number of aliphatic hydroxyl groups excluding tert-OH is 1. The minimum absolute atomic E-state index is 0.0991. The smallest absolute Gasteiger partial charge is 0.244 e. The summed E-state index contributed by atoms with van der Waals surface area (Å²) >= 11 is 1.36. The Hall–Kier alpha value is -0.430. The number of aliphatic hydroxyl groups is 1. The van der Waals surface area contributed by atoms with Crippen molar-refractivity contribution in [2.24, 2.45) is 5.92 Å². The molecule has 1 aliphatic heterocycles. The van der Waals surface area contributed by atoms with E-state index in [1.165, 1.54) is 11.3 Å². The van der Waals surface area contributed by atoms with Gasteiger partial charge in [-0.2, -0.15) is 4.31 Å². The van der Waals surface area contributed by atoms with Crippen LogP contribution in [-0.2, 0) is 16.6 Å². The zero-order chi connectivity index (χ0) is 14.0. The molecule has 0 saturated carbocycles. The molecule has 1 aliphatic rings. The Morgan fingerprint density at radius 3 is 2.79 bits per heavy atom. The van der Waals surface area contributed by atoms with Crippen LogP contribution in [0.2, 0.25) is 0 Å². The zero-order valence-corrected chi connectivity index (χ0v) is 13.1. The van der Waals surface area contributed by atoms with Crippen LogP contribution >= 0.6 is 11.3 Å². The number of hydrogen-bond donors (Lipinski definition) is 1. The summed E-state index contributed by atoms with van der Waals surface area (Å²) in [7, 11) is -3.40. The first-order chi connectivity index (χ1) is 8.95.